The second-order valence-electron chi connectivity index (χ2n) is 8.82. The van der Waals surface area contributed by atoms with Gasteiger partial charge in [0.2, 0.25) is 0 Å². The summed E-state index contributed by atoms with van der Waals surface area (Å²) in [5.41, 5.74) is 3.35. The number of tetrazole rings is 1. The van der Waals surface area contributed by atoms with Crippen LogP contribution in [0.2, 0.25) is 0 Å². The van der Waals surface area contributed by atoms with E-state index in [1.165, 1.54) is 25.0 Å². The van der Waals surface area contributed by atoms with Crippen molar-refractivity contribution in [3.05, 3.63) is 87.2 Å². The fourth-order valence-corrected chi connectivity index (χ4v) is 4.68. The molecule has 1 aliphatic heterocycles. The van der Waals surface area contributed by atoms with Gasteiger partial charge in [0.1, 0.15) is 11.9 Å². The van der Waals surface area contributed by atoms with Gasteiger partial charge in [-0.05, 0) is 84.6 Å². The standard InChI is InChI=1S/C25H27FN6O/c1-17-6-11-22-19(14-17)15-21(25(33)27-22)23(31-12-4-2-3-5-13-31)24-28-29-30-32(24)16-18-7-9-20(26)10-8-18/h6-11,14-15,23H,2-5,12-13,16H2,1H3,(H,27,33)/t23-/m0/s1. The number of aromatic amines is 1. The van der Waals surface area contributed by atoms with Crippen LogP contribution in [0.3, 0.4) is 0 Å². The molecule has 4 aromatic rings. The maximum absolute atomic E-state index is 13.4. The number of rotatable bonds is 5. The Bertz CT molecular complexity index is 1300. The molecule has 1 fully saturated rings. The van der Waals surface area contributed by atoms with Gasteiger partial charge < -0.3 is 4.98 Å². The normalized spacial score (nSPS) is 16.1. The number of nitrogens with one attached hydrogen (secondary N) is 1. The van der Waals surface area contributed by atoms with Crippen LogP contribution in [-0.4, -0.2) is 43.2 Å². The van der Waals surface area contributed by atoms with Crippen molar-refractivity contribution in [1.29, 1.82) is 0 Å². The minimum atomic E-state index is -0.368. The molecule has 0 unspecified atom stereocenters. The lowest BCUT2D eigenvalue weighted by atomic mass is 10.0. The number of likely N-dealkylation sites (tertiary alicyclic amines) is 1. The van der Waals surface area contributed by atoms with E-state index in [1.54, 1.807) is 16.8 Å². The molecule has 1 N–H and O–H groups in total. The van der Waals surface area contributed by atoms with Gasteiger partial charge in [-0.3, -0.25) is 9.69 Å². The fourth-order valence-electron chi connectivity index (χ4n) is 4.68. The highest BCUT2D eigenvalue weighted by molar-refractivity contribution is 5.79. The van der Waals surface area contributed by atoms with E-state index in [-0.39, 0.29) is 17.4 Å². The summed E-state index contributed by atoms with van der Waals surface area (Å²) in [5.74, 6) is 0.342. The maximum Gasteiger partial charge on any atom is 0.253 e. The van der Waals surface area contributed by atoms with Gasteiger partial charge in [-0.15, -0.1) is 5.10 Å². The molecule has 7 nitrogen and oxygen atoms in total. The summed E-state index contributed by atoms with van der Waals surface area (Å²) in [6, 6.07) is 13.9. The van der Waals surface area contributed by atoms with Gasteiger partial charge in [0.25, 0.3) is 5.56 Å². The van der Waals surface area contributed by atoms with Crippen molar-refractivity contribution >= 4 is 10.9 Å². The summed E-state index contributed by atoms with van der Waals surface area (Å²) < 4.78 is 15.1. The van der Waals surface area contributed by atoms with E-state index in [9.17, 15) is 9.18 Å². The molecule has 3 heterocycles. The lowest BCUT2D eigenvalue weighted by Crippen LogP contribution is -2.36. The molecule has 8 heteroatoms. The molecule has 170 valence electrons. The molecular weight excluding hydrogens is 419 g/mol. The zero-order valence-corrected chi connectivity index (χ0v) is 18.7. The van der Waals surface area contributed by atoms with E-state index < -0.39 is 0 Å². The average molecular weight is 447 g/mol. The molecule has 1 saturated heterocycles. The molecule has 0 saturated carbocycles. The maximum atomic E-state index is 13.4. The van der Waals surface area contributed by atoms with Crippen LogP contribution in [0, 0.1) is 12.7 Å². The van der Waals surface area contributed by atoms with Gasteiger partial charge in [0.15, 0.2) is 5.82 Å². The average Bonchev–Trinajstić information content (AvgIpc) is 3.08. The van der Waals surface area contributed by atoms with Crippen LogP contribution in [0.4, 0.5) is 4.39 Å². The Kier molecular flexibility index (Phi) is 6.00. The molecule has 1 aliphatic rings. The first kappa shape index (κ1) is 21.5. The molecule has 0 spiro atoms. The predicted octanol–water partition coefficient (Wildman–Crippen LogP) is 3.98. The first-order chi connectivity index (χ1) is 16.1. The SMILES string of the molecule is Cc1ccc2[nH]c(=O)c([C@@H](c3nnnn3Cc3ccc(F)cc3)N3CCCCCC3)cc2c1. The van der Waals surface area contributed by atoms with Crippen LogP contribution in [0.25, 0.3) is 10.9 Å². The van der Waals surface area contributed by atoms with Gasteiger partial charge in [-0.2, -0.15) is 0 Å². The molecule has 0 amide bonds. The van der Waals surface area contributed by atoms with Crippen LogP contribution in [0.1, 0.15) is 54.2 Å². The van der Waals surface area contributed by atoms with Crippen molar-refractivity contribution in [3.63, 3.8) is 0 Å². The van der Waals surface area contributed by atoms with Gasteiger partial charge in [-0.1, -0.05) is 36.6 Å². The number of hydrogen-bond donors (Lipinski definition) is 1. The van der Waals surface area contributed by atoms with Crippen LogP contribution < -0.4 is 5.56 Å². The predicted molar refractivity (Wildman–Crippen MR) is 125 cm³/mol. The molecule has 33 heavy (non-hydrogen) atoms. The summed E-state index contributed by atoms with van der Waals surface area (Å²) in [4.78, 5) is 18.7. The Morgan fingerprint density at radius 3 is 2.55 bits per heavy atom. The third-order valence-corrected chi connectivity index (χ3v) is 6.38. The summed E-state index contributed by atoms with van der Waals surface area (Å²) >= 11 is 0. The van der Waals surface area contributed by atoms with Crippen LogP contribution in [0.5, 0.6) is 0 Å². The summed E-state index contributed by atoms with van der Waals surface area (Å²) in [6.45, 7) is 4.19. The Labute approximate surface area is 191 Å². The molecule has 5 rings (SSSR count). The monoisotopic (exact) mass is 446 g/mol. The third-order valence-electron chi connectivity index (χ3n) is 6.38. The third kappa shape index (κ3) is 4.57. The highest BCUT2D eigenvalue weighted by Crippen LogP contribution is 2.29. The Morgan fingerprint density at radius 1 is 1.03 bits per heavy atom. The van der Waals surface area contributed by atoms with Crippen LogP contribution in [-0.2, 0) is 6.54 Å². The highest BCUT2D eigenvalue weighted by Gasteiger charge is 2.30. The first-order valence-corrected chi connectivity index (χ1v) is 11.5. The van der Waals surface area contributed by atoms with Crippen molar-refractivity contribution < 1.29 is 4.39 Å². The number of nitrogens with zero attached hydrogens (tertiary/aromatic N) is 5. The molecular formula is C25H27FN6O. The topological polar surface area (TPSA) is 79.7 Å². The van der Waals surface area contributed by atoms with E-state index in [1.807, 2.05) is 25.1 Å². The quantitative estimate of drug-likeness (QED) is 0.502. The Balaban J connectivity index is 1.61. The van der Waals surface area contributed by atoms with Gasteiger partial charge >= 0.3 is 0 Å². The summed E-state index contributed by atoms with van der Waals surface area (Å²) in [6.07, 6.45) is 4.50. The zero-order valence-electron chi connectivity index (χ0n) is 18.7. The zero-order chi connectivity index (χ0) is 22.8. The smallest absolute Gasteiger partial charge is 0.253 e. The molecule has 0 aliphatic carbocycles. The van der Waals surface area contributed by atoms with Crippen molar-refractivity contribution in [3.8, 4) is 0 Å². The fraction of sp³-hybridized carbons (Fsp3) is 0.360. The number of benzene rings is 2. The van der Waals surface area contributed by atoms with Crippen molar-refractivity contribution in [1.82, 2.24) is 30.1 Å². The molecule has 0 radical (unpaired) electrons. The van der Waals surface area contributed by atoms with E-state index in [4.69, 9.17) is 0 Å². The van der Waals surface area contributed by atoms with Crippen LogP contribution in [0.15, 0.2) is 53.3 Å². The highest BCUT2D eigenvalue weighted by atomic mass is 19.1. The van der Waals surface area contributed by atoms with E-state index in [0.717, 1.165) is 48.0 Å². The van der Waals surface area contributed by atoms with Crippen molar-refractivity contribution in [2.75, 3.05) is 13.1 Å². The number of hydrogen-bond acceptors (Lipinski definition) is 5. The lowest BCUT2D eigenvalue weighted by molar-refractivity contribution is 0.220. The second-order valence-corrected chi connectivity index (χ2v) is 8.82. The lowest BCUT2D eigenvalue weighted by Gasteiger charge is -2.29. The molecule has 1 atom stereocenters. The summed E-state index contributed by atoms with van der Waals surface area (Å²) in [5, 5.41) is 13.6. The summed E-state index contributed by atoms with van der Waals surface area (Å²) in [7, 11) is 0. The molecule has 2 aromatic heterocycles. The van der Waals surface area contributed by atoms with E-state index >= 15 is 0 Å². The van der Waals surface area contributed by atoms with Gasteiger partial charge in [0, 0.05) is 11.1 Å². The Morgan fingerprint density at radius 2 is 1.79 bits per heavy atom. The molecule has 0 bridgehead atoms. The van der Waals surface area contributed by atoms with E-state index in [2.05, 4.69) is 31.5 Å². The number of fused-ring (bicyclic) bond motifs is 1. The number of aromatic nitrogens is 5. The number of pyridine rings is 1. The minimum Gasteiger partial charge on any atom is -0.322 e. The minimum absolute atomic E-state index is 0.128. The van der Waals surface area contributed by atoms with Crippen molar-refractivity contribution in [2.45, 2.75) is 45.2 Å². The number of H-pyrrole nitrogens is 1. The van der Waals surface area contributed by atoms with Crippen LogP contribution >= 0.6 is 0 Å². The second kappa shape index (κ2) is 9.23. The molecule has 2 aromatic carbocycles. The van der Waals surface area contributed by atoms with Gasteiger partial charge in [-0.25, -0.2) is 9.07 Å². The van der Waals surface area contributed by atoms with Gasteiger partial charge in [0.05, 0.1) is 6.54 Å². The number of halogens is 1. The number of aryl methyl sites for hydroxylation is 1. The largest absolute Gasteiger partial charge is 0.322 e. The van der Waals surface area contributed by atoms with E-state index in [0.29, 0.717) is 17.9 Å². The first-order valence-electron chi connectivity index (χ1n) is 11.5. The van der Waals surface area contributed by atoms with Crippen molar-refractivity contribution in [2.24, 2.45) is 0 Å². The Hall–Kier alpha value is -3.39.